The van der Waals surface area contributed by atoms with E-state index in [9.17, 15) is 5.11 Å². The van der Waals surface area contributed by atoms with Crippen molar-refractivity contribution in [3.8, 4) is 0 Å². The Hall–Kier alpha value is -1.98. The highest BCUT2D eigenvalue weighted by Crippen LogP contribution is 2.15. The normalized spacial score (nSPS) is 13.0. The Labute approximate surface area is 135 Å². The second-order valence-electron chi connectivity index (χ2n) is 4.70. The molecule has 0 radical (unpaired) electrons. The second-order valence-corrected chi connectivity index (χ2v) is 5.11. The quantitative estimate of drug-likeness (QED) is 0.565. The van der Waals surface area contributed by atoms with Gasteiger partial charge in [-0.3, -0.25) is 0 Å². The number of guanidine groups is 1. The average Bonchev–Trinajstić information content (AvgIpc) is 3.05. The first-order chi connectivity index (χ1) is 10.7. The molecule has 0 aliphatic heterocycles. The molecular formula is C16H20ClN3O2. The molecule has 6 heteroatoms. The fourth-order valence-electron chi connectivity index (χ4n) is 1.91. The van der Waals surface area contributed by atoms with E-state index in [2.05, 4.69) is 15.6 Å². The van der Waals surface area contributed by atoms with Gasteiger partial charge in [0.1, 0.15) is 11.9 Å². The van der Waals surface area contributed by atoms with E-state index in [-0.39, 0.29) is 0 Å². The van der Waals surface area contributed by atoms with Crippen LogP contribution in [0.1, 0.15) is 24.4 Å². The van der Waals surface area contributed by atoms with E-state index in [4.69, 9.17) is 16.0 Å². The lowest BCUT2D eigenvalue weighted by Crippen LogP contribution is -2.39. The van der Waals surface area contributed by atoms with Gasteiger partial charge in [0.05, 0.1) is 19.4 Å². The van der Waals surface area contributed by atoms with Gasteiger partial charge in [0.15, 0.2) is 5.96 Å². The van der Waals surface area contributed by atoms with Crippen LogP contribution in [0.3, 0.4) is 0 Å². The van der Waals surface area contributed by atoms with E-state index in [1.807, 2.05) is 31.2 Å². The summed E-state index contributed by atoms with van der Waals surface area (Å²) in [5.41, 5.74) is 0.952. The van der Waals surface area contributed by atoms with Crippen molar-refractivity contribution in [3.05, 3.63) is 59.0 Å². The van der Waals surface area contributed by atoms with Crippen molar-refractivity contribution < 1.29 is 9.52 Å². The van der Waals surface area contributed by atoms with Crippen LogP contribution in [0.25, 0.3) is 0 Å². The van der Waals surface area contributed by atoms with Gasteiger partial charge in [0.25, 0.3) is 0 Å². The van der Waals surface area contributed by atoms with Crippen LogP contribution in [0.15, 0.2) is 52.1 Å². The smallest absolute Gasteiger partial charge is 0.191 e. The molecular weight excluding hydrogens is 302 g/mol. The van der Waals surface area contributed by atoms with Gasteiger partial charge >= 0.3 is 0 Å². The van der Waals surface area contributed by atoms with Crippen LogP contribution >= 0.6 is 11.6 Å². The first-order valence-corrected chi connectivity index (χ1v) is 7.55. The van der Waals surface area contributed by atoms with Gasteiger partial charge in [0, 0.05) is 11.6 Å². The van der Waals surface area contributed by atoms with Crippen LogP contribution in [0.4, 0.5) is 0 Å². The molecule has 0 aliphatic rings. The zero-order chi connectivity index (χ0) is 15.8. The molecule has 1 aromatic carbocycles. The van der Waals surface area contributed by atoms with Gasteiger partial charge in [-0.15, -0.1) is 0 Å². The molecule has 1 atom stereocenters. The molecule has 2 rings (SSSR count). The van der Waals surface area contributed by atoms with E-state index >= 15 is 0 Å². The number of aliphatic hydroxyl groups excluding tert-OH is 1. The Bertz CT molecular complexity index is 599. The zero-order valence-electron chi connectivity index (χ0n) is 12.4. The van der Waals surface area contributed by atoms with Crippen LogP contribution in [-0.4, -0.2) is 24.2 Å². The number of furan rings is 1. The largest absolute Gasteiger partial charge is 0.467 e. The summed E-state index contributed by atoms with van der Waals surface area (Å²) in [6.45, 7) is 3.48. The molecule has 2 aromatic rings. The number of hydrogen-bond donors (Lipinski definition) is 3. The van der Waals surface area contributed by atoms with Crippen molar-refractivity contribution in [2.45, 2.75) is 19.6 Å². The number of benzene rings is 1. The van der Waals surface area contributed by atoms with Gasteiger partial charge in [-0.2, -0.15) is 0 Å². The Kier molecular flexibility index (Phi) is 6.30. The number of nitrogens with one attached hydrogen (secondary N) is 2. The second kappa shape index (κ2) is 8.46. The molecule has 1 unspecified atom stereocenters. The summed E-state index contributed by atoms with van der Waals surface area (Å²) >= 11 is 6.12. The Morgan fingerprint density at radius 3 is 2.77 bits per heavy atom. The minimum Gasteiger partial charge on any atom is -0.467 e. The summed E-state index contributed by atoms with van der Waals surface area (Å²) in [4.78, 5) is 4.47. The number of halogens is 1. The van der Waals surface area contributed by atoms with Crippen molar-refractivity contribution in [2.75, 3.05) is 13.1 Å². The molecule has 3 N–H and O–H groups in total. The molecule has 0 fully saturated rings. The van der Waals surface area contributed by atoms with Gasteiger partial charge in [-0.05, 0) is 30.7 Å². The lowest BCUT2D eigenvalue weighted by molar-refractivity contribution is 0.153. The zero-order valence-corrected chi connectivity index (χ0v) is 13.2. The van der Waals surface area contributed by atoms with E-state index in [1.165, 1.54) is 6.26 Å². The molecule has 0 saturated heterocycles. The van der Waals surface area contributed by atoms with Gasteiger partial charge in [0.2, 0.25) is 0 Å². The molecule has 0 bridgehead atoms. The van der Waals surface area contributed by atoms with Crippen LogP contribution < -0.4 is 10.6 Å². The topological polar surface area (TPSA) is 69.8 Å². The van der Waals surface area contributed by atoms with E-state index in [1.54, 1.807) is 12.1 Å². The maximum atomic E-state index is 10.00. The Morgan fingerprint density at radius 2 is 2.09 bits per heavy atom. The van der Waals surface area contributed by atoms with Crippen molar-refractivity contribution in [1.82, 2.24) is 10.6 Å². The first kappa shape index (κ1) is 16.4. The standard InChI is InChI=1S/C16H20ClN3O2/c1-2-18-16(19-10-12-6-3-4-7-13(12)17)20-11-14(21)15-8-5-9-22-15/h3-9,14,21H,2,10-11H2,1H3,(H2,18,19,20). The van der Waals surface area contributed by atoms with Crippen LogP contribution in [0.5, 0.6) is 0 Å². The summed E-state index contributed by atoms with van der Waals surface area (Å²) in [5, 5.41) is 16.9. The third-order valence-electron chi connectivity index (χ3n) is 3.04. The predicted molar refractivity (Wildman–Crippen MR) is 87.9 cm³/mol. The number of hydrogen-bond acceptors (Lipinski definition) is 3. The number of rotatable bonds is 6. The Morgan fingerprint density at radius 1 is 1.27 bits per heavy atom. The highest BCUT2D eigenvalue weighted by atomic mass is 35.5. The summed E-state index contributed by atoms with van der Waals surface area (Å²) in [6.07, 6.45) is 0.814. The first-order valence-electron chi connectivity index (χ1n) is 7.17. The van der Waals surface area contributed by atoms with Crippen molar-refractivity contribution in [1.29, 1.82) is 0 Å². The van der Waals surface area contributed by atoms with Crippen molar-refractivity contribution >= 4 is 17.6 Å². The molecule has 5 nitrogen and oxygen atoms in total. The van der Waals surface area contributed by atoms with Gasteiger partial charge < -0.3 is 20.2 Å². The summed E-state index contributed by atoms with van der Waals surface area (Å²) in [6, 6.07) is 11.1. The fourth-order valence-corrected chi connectivity index (χ4v) is 2.10. The molecule has 118 valence electrons. The maximum absolute atomic E-state index is 10.00. The van der Waals surface area contributed by atoms with Crippen molar-refractivity contribution in [3.63, 3.8) is 0 Å². The van der Waals surface area contributed by atoms with E-state index < -0.39 is 6.10 Å². The third kappa shape index (κ3) is 4.79. The number of nitrogens with zero attached hydrogens (tertiary/aromatic N) is 1. The monoisotopic (exact) mass is 321 g/mol. The van der Waals surface area contributed by atoms with Crippen LogP contribution in [0.2, 0.25) is 5.02 Å². The minimum atomic E-state index is -0.723. The summed E-state index contributed by atoms with van der Waals surface area (Å²) in [7, 11) is 0. The SMILES string of the molecule is CCNC(=NCc1ccccc1Cl)NCC(O)c1ccco1. The Balaban J connectivity index is 1.94. The average molecular weight is 322 g/mol. The van der Waals surface area contributed by atoms with Gasteiger partial charge in [-0.25, -0.2) is 4.99 Å². The lowest BCUT2D eigenvalue weighted by atomic mass is 10.2. The van der Waals surface area contributed by atoms with Crippen LogP contribution in [0, 0.1) is 0 Å². The van der Waals surface area contributed by atoms with E-state index in [0.29, 0.717) is 29.8 Å². The van der Waals surface area contributed by atoms with E-state index in [0.717, 1.165) is 12.1 Å². The highest BCUT2D eigenvalue weighted by molar-refractivity contribution is 6.31. The summed E-state index contributed by atoms with van der Waals surface area (Å²) < 4.78 is 5.16. The highest BCUT2D eigenvalue weighted by Gasteiger charge is 2.10. The molecule has 0 amide bonds. The predicted octanol–water partition coefficient (Wildman–Crippen LogP) is 2.72. The molecule has 1 aromatic heterocycles. The summed E-state index contributed by atoms with van der Waals surface area (Å²) in [5.74, 6) is 1.14. The molecule has 0 spiro atoms. The fraction of sp³-hybridized carbons (Fsp3) is 0.312. The lowest BCUT2D eigenvalue weighted by Gasteiger charge is -2.14. The molecule has 22 heavy (non-hydrogen) atoms. The molecule has 1 heterocycles. The number of aliphatic imine (C=N–C) groups is 1. The maximum Gasteiger partial charge on any atom is 0.191 e. The number of aliphatic hydroxyl groups is 1. The molecule has 0 aliphatic carbocycles. The third-order valence-corrected chi connectivity index (χ3v) is 3.41. The van der Waals surface area contributed by atoms with Gasteiger partial charge in [-0.1, -0.05) is 29.8 Å². The minimum absolute atomic E-state index is 0.307. The van der Waals surface area contributed by atoms with Crippen molar-refractivity contribution in [2.24, 2.45) is 4.99 Å². The van der Waals surface area contributed by atoms with Crippen LogP contribution in [-0.2, 0) is 6.54 Å². The molecule has 0 saturated carbocycles.